The number of methoxy groups -OCH3 is 2. The number of hydrogen-bond acceptors (Lipinski definition) is 6. The Bertz CT molecular complexity index is 1350. The van der Waals surface area contributed by atoms with Crippen LogP contribution in [-0.4, -0.2) is 31.9 Å². The molecule has 0 unspecified atom stereocenters. The number of halogens is 1. The fourth-order valence-corrected chi connectivity index (χ4v) is 3.79. The monoisotopic (exact) mass is 491 g/mol. The predicted octanol–water partition coefficient (Wildman–Crippen LogP) is 4.70. The highest BCUT2D eigenvalue weighted by Gasteiger charge is 2.40. The van der Waals surface area contributed by atoms with Crippen LogP contribution in [0.1, 0.15) is 15.9 Å². The van der Waals surface area contributed by atoms with Crippen LogP contribution in [-0.2, 0) is 9.59 Å². The third-order valence-electron chi connectivity index (χ3n) is 5.35. The summed E-state index contributed by atoms with van der Waals surface area (Å²) in [4.78, 5) is 39.5. The van der Waals surface area contributed by atoms with Gasteiger partial charge in [-0.05, 0) is 61.0 Å². The fourth-order valence-electron chi connectivity index (χ4n) is 3.58. The highest BCUT2D eigenvalue weighted by atomic mass is 35.5. The third kappa shape index (κ3) is 4.83. The van der Waals surface area contributed by atoms with Gasteiger partial charge in [0.25, 0.3) is 17.7 Å². The van der Waals surface area contributed by atoms with E-state index >= 15 is 0 Å². The summed E-state index contributed by atoms with van der Waals surface area (Å²) < 4.78 is 10.5. The number of carbonyl (C=O) groups excluding carboxylic acids is 3. The molecule has 0 saturated carbocycles. The number of nitrogens with one attached hydrogen (secondary N) is 2. The molecule has 0 atom stereocenters. The molecule has 0 fully saturated rings. The molecule has 4 rings (SSSR count). The maximum atomic E-state index is 13.1. The highest BCUT2D eigenvalue weighted by Crippen LogP contribution is 2.37. The molecule has 8 nitrogen and oxygen atoms in total. The summed E-state index contributed by atoms with van der Waals surface area (Å²) in [5.41, 5.74) is 2.75. The lowest BCUT2D eigenvalue weighted by molar-refractivity contribution is -0.120. The summed E-state index contributed by atoms with van der Waals surface area (Å²) >= 11 is 6.24. The summed E-state index contributed by atoms with van der Waals surface area (Å²) in [6, 6.07) is 18.7. The number of carbonyl (C=O) groups is 3. The SMILES string of the molecule is COc1ccc(OC)c(N2C(=O)C(Cl)=C(Nc3ccc(C(=O)Nc4cccc(C)c4)cc3)C2=O)c1. The quantitative estimate of drug-likeness (QED) is 0.465. The zero-order chi connectivity index (χ0) is 25.1. The van der Waals surface area contributed by atoms with E-state index < -0.39 is 11.8 Å². The van der Waals surface area contributed by atoms with E-state index in [1.54, 1.807) is 42.5 Å². The minimum absolute atomic E-state index is 0.0847. The van der Waals surface area contributed by atoms with Crippen LogP contribution in [0, 0.1) is 6.92 Å². The van der Waals surface area contributed by atoms with Gasteiger partial charge in [0.2, 0.25) is 0 Å². The number of ether oxygens (including phenoxy) is 2. The number of imide groups is 1. The molecule has 35 heavy (non-hydrogen) atoms. The number of rotatable bonds is 7. The zero-order valence-corrected chi connectivity index (χ0v) is 20.0. The second-order valence-corrected chi connectivity index (χ2v) is 8.08. The van der Waals surface area contributed by atoms with Gasteiger partial charge in [-0.3, -0.25) is 14.4 Å². The van der Waals surface area contributed by atoms with E-state index in [1.165, 1.54) is 20.3 Å². The average Bonchev–Trinajstić information content (AvgIpc) is 3.07. The summed E-state index contributed by atoms with van der Waals surface area (Å²) in [7, 11) is 2.91. The average molecular weight is 492 g/mol. The molecule has 0 radical (unpaired) electrons. The van der Waals surface area contributed by atoms with Crippen LogP contribution >= 0.6 is 11.6 Å². The van der Waals surface area contributed by atoms with Gasteiger partial charge in [0, 0.05) is 23.0 Å². The molecule has 1 heterocycles. The van der Waals surface area contributed by atoms with Gasteiger partial charge in [0.1, 0.15) is 22.2 Å². The molecule has 2 N–H and O–H groups in total. The largest absolute Gasteiger partial charge is 0.497 e. The van der Waals surface area contributed by atoms with Crippen molar-refractivity contribution < 1.29 is 23.9 Å². The van der Waals surface area contributed by atoms with E-state index in [0.717, 1.165) is 10.5 Å². The van der Waals surface area contributed by atoms with E-state index in [0.29, 0.717) is 28.4 Å². The molecular formula is C26H22ClN3O5. The Hall–Kier alpha value is -4.30. The van der Waals surface area contributed by atoms with Crippen molar-refractivity contribution in [3.05, 3.63) is 88.6 Å². The topological polar surface area (TPSA) is 97.0 Å². The van der Waals surface area contributed by atoms with Gasteiger partial charge in [-0.25, -0.2) is 4.90 Å². The maximum absolute atomic E-state index is 13.1. The minimum Gasteiger partial charge on any atom is -0.497 e. The maximum Gasteiger partial charge on any atom is 0.283 e. The Morgan fingerprint density at radius 2 is 1.63 bits per heavy atom. The number of hydrogen-bond donors (Lipinski definition) is 2. The number of nitrogens with zero attached hydrogens (tertiary/aromatic N) is 1. The Labute approximate surface area is 207 Å². The zero-order valence-electron chi connectivity index (χ0n) is 19.2. The first-order chi connectivity index (χ1) is 16.8. The molecule has 9 heteroatoms. The van der Waals surface area contributed by atoms with Crippen molar-refractivity contribution in [2.45, 2.75) is 6.92 Å². The second-order valence-electron chi connectivity index (χ2n) is 7.70. The molecule has 1 aliphatic heterocycles. The van der Waals surface area contributed by atoms with Crippen molar-refractivity contribution in [2.75, 3.05) is 29.8 Å². The Balaban J connectivity index is 1.52. The van der Waals surface area contributed by atoms with Crippen LogP contribution < -0.4 is 25.0 Å². The van der Waals surface area contributed by atoms with E-state index in [-0.39, 0.29) is 22.3 Å². The minimum atomic E-state index is -0.695. The first kappa shape index (κ1) is 23.8. The normalized spacial score (nSPS) is 13.2. The summed E-state index contributed by atoms with van der Waals surface area (Å²) in [6.45, 7) is 1.94. The molecule has 3 aromatic carbocycles. The number of anilines is 3. The number of benzene rings is 3. The van der Waals surface area contributed by atoms with Crippen LogP contribution in [0.25, 0.3) is 0 Å². The summed E-state index contributed by atoms with van der Waals surface area (Å²) in [5, 5.41) is 5.47. The second kappa shape index (κ2) is 9.90. The molecule has 178 valence electrons. The van der Waals surface area contributed by atoms with Crippen LogP contribution in [0.5, 0.6) is 11.5 Å². The molecule has 3 aromatic rings. The van der Waals surface area contributed by atoms with Crippen LogP contribution in [0.4, 0.5) is 17.1 Å². The van der Waals surface area contributed by atoms with Crippen molar-refractivity contribution in [3.63, 3.8) is 0 Å². The highest BCUT2D eigenvalue weighted by molar-refractivity contribution is 6.53. The van der Waals surface area contributed by atoms with Crippen LogP contribution in [0.2, 0.25) is 0 Å². The van der Waals surface area contributed by atoms with Gasteiger partial charge in [-0.15, -0.1) is 0 Å². The van der Waals surface area contributed by atoms with Crippen molar-refractivity contribution in [2.24, 2.45) is 0 Å². The first-order valence-corrected chi connectivity index (χ1v) is 11.0. The molecule has 1 aliphatic rings. The first-order valence-electron chi connectivity index (χ1n) is 10.6. The molecular weight excluding hydrogens is 470 g/mol. The van der Waals surface area contributed by atoms with E-state index in [1.807, 2.05) is 25.1 Å². The van der Waals surface area contributed by atoms with E-state index in [2.05, 4.69) is 10.6 Å². The molecule has 0 saturated heterocycles. The van der Waals surface area contributed by atoms with Crippen molar-refractivity contribution >= 4 is 46.4 Å². The molecule has 0 aliphatic carbocycles. The van der Waals surface area contributed by atoms with E-state index in [4.69, 9.17) is 21.1 Å². The predicted molar refractivity (Wildman–Crippen MR) is 134 cm³/mol. The third-order valence-corrected chi connectivity index (χ3v) is 5.70. The summed E-state index contributed by atoms with van der Waals surface area (Å²) in [5.74, 6) is -0.865. The molecule has 3 amide bonds. The lowest BCUT2D eigenvalue weighted by atomic mass is 10.1. The van der Waals surface area contributed by atoms with Gasteiger partial charge in [-0.1, -0.05) is 23.7 Å². The van der Waals surface area contributed by atoms with Gasteiger partial charge in [0.05, 0.1) is 19.9 Å². The molecule has 0 spiro atoms. The number of aryl methyl sites for hydroxylation is 1. The standard InChI is InChI=1S/C26H22ClN3O5/c1-15-5-4-6-18(13-15)29-24(31)16-7-9-17(10-8-16)28-23-22(27)25(32)30(26(23)33)20-14-19(34-2)11-12-21(20)35-3/h4-14,28H,1-3H3,(H,29,31). The smallest absolute Gasteiger partial charge is 0.283 e. The number of amides is 3. The lowest BCUT2D eigenvalue weighted by Crippen LogP contribution is -2.32. The van der Waals surface area contributed by atoms with Gasteiger partial charge >= 0.3 is 0 Å². The van der Waals surface area contributed by atoms with Gasteiger partial charge in [-0.2, -0.15) is 0 Å². The fraction of sp³-hybridized carbons (Fsp3) is 0.115. The Morgan fingerprint density at radius 3 is 2.29 bits per heavy atom. The van der Waals surface area contributed by atoms with Crippen molar-refractivity contribution in [3.8, 4) is 11.5 Å². The van der Waals surface area contributed by atoms with Crippen molar-refractivity contribution in [1.29, 1.82) is 0 Å². The molecule has 0 aromatic heterocycles. The van der Waals surface area contributed by atoms with Crippen LogP contribution in [0.15, 0.2) is 77.5 Å². The van der Waals surface area contributed by atoms with Crippen LogP contribution in [0.3, 0.4) is 0 Å². The Kier molecular flexibility index (Phi) is 6.75. The lowest BCUT2D eigenvalue weighted by Gasteiger charge is -2.19. The van der Waals surface area contributed by atoms with Gasteiger partial charge < -0.3 is 20.1 Å². The van der Waals surface area contributed by atoms with E-state index in [9.17, 15) is 14.4 Å². The summed E-state index contributed by atoms with van der Waals surface area (Å²) in [6.07, 6.45) is 0. The van der Waals surface area contributed by atoms with Crippen molar-refractivity contribution in [1.82, 2.24) is 0 Å². The van der Waals surface area contributed by atoms with Gasteiger partial charge in [0.15, 0.2) is 0 Å². The Morgan fingerprint density at radius 1 is 0.886 bits per heavy atom. The molecule has 0 bridgehead atoms.